The van der Waals surface area contributed by atoms with Gasteiger partial charge in [-0.25, -0.2) is 4.79 Å². The predicted molar refractivity (Wildman–Crippen MR) is 88.1 cm³/mol. The molecule has 2 aliphatic heterocycles. The molecule has 2 aliphatic rings. The molecule has 0 aromatic carbocycles. The molecule has 0 aliphatic carbocycles. The van der Waals surface area contributed by atoms with Crippen molar-refractivity contribution in [3.05, 3.63) is 17.5 Å². The molecule has 0 bridgehead atoms. The van der Waals surface area contributed by atoms with Crippen molar-refractivity contribution in [2.45, 2.75) is 38.4 Å². The summed E-state index contributed by atoms with van der Waals surface area (Å²) in [4.78, 5) is 16.0. The number of aromatic amines is 1. The lowest BCUT2D eigenvalue weighted by Gasteiger charge is -2.48. The third-order valence-electron chi connectivity index (χ3n) is 4.65. The summed E-state index contributed by atoms with van der Waals surface area (Å²) in [5.74, 6) is -0.949. The van der Waals surface area contributed by atoms with Crippen LogP contribution in [0.2, 0.25) is 0 Å². The topological polar surface area (TPSA) is 81.7 Å². The van der Waals surface area contributed by atoms with Gasteiger partial charge in [0.2, 0.25) is 0 Å². The van der Waals surface area contributed by atoms with E-state index in [2.05, 4.69) is 26.9 Å². The number of ether oxygens (including phenoxy) is 1. The third kappa shape index (κ3) is 4.03. The van der Waals surface area contributed by atoms with Crippen LogP contribution in [-0.4, -0.2) is 76.0 Å². The van der Waals surface area contributed by atoms with Gasteiger partial charge in [-0.05, 0) is 6.42 Å². The molecule has 3 rings (SSSR count). The number of halogens is 1. The Labute approximate surface area is 142 Å². The average Bonchev–Trinajstić information content (AvgIpc) is 2.96. The summed E-state index contributed by atoms with van der Waals surface area (Å²) in [7, 11) is 0. The van der Waals surface area contributed by atoms with E-state index in [0.717, 1.165) is 38.4 Å². The Morgan fingerprint density at radius 2 is 2.30 bits per heavy atom. The first-order chi connectivity index (χ1) is 10.7. The van der Waals surface area contributed by atoms with Crippen molar-refractivity contribution >= 4 is 18.4 Å². The number of hydrogen-bond acceptors (Lipinski definition) is 5. The molecule has 7 nitrogen and oxygen atoms in total. The van der Waals surface area contributed by atoms with Gasteiger partial charge in [-0.3, -0.25) is 14.9 Å². The molecular formula is C15H25ClN4O3. The fourth-order valence-electron chi connectivity index (χ4n) is 3.58. The summed E-state index contributed by atoms with van der Waals surface area (Å²) in [5.41, 5.74) is 0.953. The second-order valence-electron chi connectivity index (χ2n) is 6.18. The summed E-state index contributed by atoms with van der Waals surface area (Å²) < 4.78 is 5.77. The first-order valence-electron chi connectivity index (χ1n) is 8.00. The van der Waals surface area contributed by atoms with Crippen LogP contribution in [0.15, 0.2) is 6.20 Å². The standard InChI is InChI=1S/C15H24N4O3.ClH/c1-2-3-12-9-22-10-13-8-18(4-5-19(12)13)7-11-6-16-17-14(11)15(20)21;/h6,12-13H,2-5,7-10H2,1H3,(H,16,17)(H,20,21);1H/t12-,13+;/m0./s1. The zero-order valence-corrected chi connectivity index (χ0v) is 14.2. The van der Waals surface area contributed by atoms with Gasteiger partial charge in [-0.1, -0.05) is 13.3 Å². The van der Waals surface area contributed by atoms with Crippen LogP contribution < -0.4 is 0 Å². The Morgan fingerprint density at radius 3 is 3.04 bits per heavy atom. The van der Waals surface area contributed by atoms with Crippen LogP contribution >= 0.6 is 12.4 Å². The SMILES string of the molecule is CCC[C@H]1COC[C@H]2CN(Cc3cn[nH]c3C(=O)O)CCN12.Cl. The van der Waals surface area contributed by atoms with Crippen LogP contribution in [0.25, 0.3) is 0 Å². The van der Waals surface area contributed by atoms with Gasteiger partial charge in [0.15, 0.2) is 0 Å². The lowest BCUT2D eigenvalue weighted by atomic mass is 10.0. The number of carbonyl (C=O) groups is 1. The van der Waals surface area contributed by atoms with E-state index in [0.29, 0.717) is 18.6 Å². The molecule has 1 aromatic rings. The van der Waals surface area contributed by atoms with Crippen molar-refractivity contribution in [1.82, 2.24) is 20.0 Å². The van der Waals surface area contributed by atoms with E-state index in [1.165, 1.54) is 12.8 Å². The smallest absolute Gasteiger partial charge is 0.354 e. The molecule has 3 heterocycles. The monoisotopic (exact) mass is 344 g/mol. The van der Waals surface area contributed by atoms with E-state index >= 15 is 0 Å². The summed E-state index contributed by atoms with van der Waals surface area (Å²) in [6.45, 7) is 7.36. The number of aromatic carboxylic acids is 1. The summed E-state index contributed by atoms with van der Waals surface area (Å²) in [6.07, 6.45) is 3.98. The molecule has 8 heteroatoms. The molecule has 0 spiro atoms. The maximum atomic E-state index is 11.1. The number of piperazine rings is 1. The van der Waals surface area contributed by atoms with E-state index < -0.39 is 5.97 Å². The van der Waals surface area contributed by atoms with Crippen LogP contribution in [-0.2, 0) is 11.3 Å². The molecule has 0 unspecified atom stereocenters. The van der Waals surface area contributed by atoms with Gasteiger partial charge in [0.05, 0.1) is 19.4 Å². The number of morpholine rings is 1. The Kier molecular flexibility index (Phi) is 6.41. The van der Waals surface area contributed by atoms with Gasteiger partial charge >= 0.3 is 5.97 Å². The lowest BCUT2D eigenvalue weighted by molar-refractivity contribution is -0.0840. The Hall–Kier alpha value is -1.15. The lowest BCUT2D eigenvalue weighted by Crippen LogP contribution is -2.61. The minimum Gasteiger partial charge on any atom is -0.477 e. The molecule has 1 aromatic heterocycles. The molecule has 2 N–H and O–H groups in total. The van der Waals surface area contributed by atoms with Crippen molar-refractivity contribution in [1.29, 1.82) is 0 Å². The maximum Gasteiger partial charge on any atom is 0.354 e. The van der Waals surface area contributed by atoms with E-state index in [1.54, 1.807) is 6.20 Å². The predicted octanol–water partition coefficient (Wildman–Crippen LogP) is 1.21. The zero-order valence-electron chi connectivity index (χ0n) is 13.4. The number of hydrogen-bond donors (Lipinski definition) is 2. The first-order valence-corrected chi connectivity index (χ1v) is 8.00. The van der Waals surface area contributed by atoms with Crippen molar-refractivity contribution in [3.63, 3.8) is 0 Å². The van der Waals surface area contributed by atoms with E-state index in [1.807, 2.05) is 0 Å². The molecule has 2 atom stereocenters. The average molecular weight is 345 g/mol. The van der Waals surface area contributed by atoms with Gasteiger partial charge in [-0.2, -0.15) is 5.10 Å². The van der Waals surface area contributed by atoms with Crippen molar-refractivity contribution in [2.75, 3.05) is 32.8 Å². The summed E-state index contributed by atoms with van der Waals surface area (Å²) in [5, 5.41) is 15.6. The van der Waals surface area contributed by atoms with Gasteiger partial charge in [0.1, 0.15) is 5.69 Å². The highest BCUT2D eigenvalue weighted by molar-refractivity contribution is 5.86. The van der Waals surface area contributed by atoms with Crippen LogP contribution in [0.1, 0.15) is 35.8 Å². The highest BCUT2D eigenvalue weighted by Crippen LogP contribution is 2.22. The Morgan fingerprint density at radius 1 is 1.48 bits per heavy atom. The second kappa shape index (κ2) is 8.10. The zero-order chi connectivity index (χ0) is 15.5. The second-order valence-corrected chi connectivity index (χ2v) is 6.18. The molecule has 0 saturated carbocycles. The van der Waals surface area contributed by atoms with Gasteiger partial charge < -0.3 is 9.84 Å². The van der Waals surface area contributed by atoms with Gasteiger partial charge in [0.25, 0.3) is 0 Å². The fourth-order valence-corrected chi connectivity index (χ4v) is 3.58. The fraction of sp³-hybridized carbons (Fsp3) is 0.733. The quantitative estimate of drug-likeness (QED) is 0.835. The number of fused-ring (bicyclic) bond motifs is 1. The number of aromatic nitrogens is 2. The Balaban J connectivity index is 0.00000192. The molecule has 2 saturated heterocycles. The van der Waals surface area contributed by atoms with E-state index in [4.69, 9.17) is 9.84 Å². The molecule has 130 valence electrons. The van der Waals surface area contributed by atoms with Crippen LogP contribution in [0.4, 0.5) is 0 Å². The van der Waals surface area contributed by atoms with Crippen molar-refractivity contribution in [2.24, 2.45) is 0 Å². The van der Waals surface area contributed by atoms with Crippen LogP contribution in [0.3, 0.4) is 0 Å². The first kappa shape index (κ1) is 18.2. The number of nitrogens with one attached hydrogen (secondary N) is 1. The maximum absolute atomic E-state index is 11.1. The largest absolute Gasteiger partial charge is 0.477 e. The van der Waals surface area contributed by atoms with Gasteiger partial charge in [0, 0.05) is 43.8 Å². The number of carboxylic acid groups (broad SMARTS) is 1. The van der Waals surface area contributed by atoms with Crippen LogP contribution in [0.5, 0.6) is 0 Å². The molecule has 0 amide bonds. The van der Waals surface area contributed by atoms with Crippen molar-refractivity contribution in [3.8, 4) is 0 Å². The summed E-state index contributed by atoms with van der Waals surface area (Å²) >= 11 is 0. The number of H-pyrrole nitrogens is 1. The van der Waals surface area contributed by atoms with Crippen molar-refractivity contribution < 1.29 is 14.6 Å². The molecule has 23 heavy (non-hydrogen) atoms. The Bertz CT molecular complexity index is 523. The van der Waals surface area contributed by atoms with E-state index in [-0.39, 0.29) is 18.1 Å². The minimum absolute atomic E-state index is 0. The number of rotatable bonds is 5. The highest BCUT2D eigenvalue weighted by Gasteiger charge is 2.35. The highest BCUT2D eigenvalue weighted by atomic mass is 35.5. The van der Waals surface area contributed by atoms with E-state index in [9.17, 15) is 4.79 Å². The molecule has 0 radical (unpaired) electrons. The van der Waals surface area contributed by atoms with Gasteiger partial charge in [-0.15, -0.1) is 12.4 Å². The molecule has 2 fully saturated rings. The minimum atomic E-state index is -0.949. The number of carboxylic acids is 1. The number of nitrogens with zero attached hydrogens (tertiary/aromatic N) is 3. The summed E-state index contributed by atoms with van der Waals surface area (Å²) in [6, 6.07) is 0.952. The normalized spacial score (nSPS) is 25.6. The molecular weight excluding hydrogens is 320 g/mol. The third-order valence-corrected chi connectivity index (χ3v) is 4.65. The van der Waals surface area contributed by atoms with Crippen LogP contribution in [0, 0.1) is 0 Å².